The van der Waals surface area contributed by atoms with Crippen molar-refractivity contribution in [1.82, 2.24) is 4.90 Å². The number of rotatable bonds is 2. The normalized spacial score (nSPS) is 18.0. The van der Waals surface area contributed by atoms with E-state index in [0.29, 0.717) is 5.69 Å². The highest BCUT2D eigenvalue weighted by atomic mass is 35.5. The van der Waals surface area contributed by atoms with Gasteiger partial charge in [0.1, 0.15) is 11.9 Å². The first-order chi connectivity index (χ1) is 9.81. The van der Waals surface area contributed by atoms with Gasteiger partial charge < -0.3 is 10.0 Å². The van der Waals surface area contributed by atoms with Crippen LogP contribution in [-0.4, -0.2) is 47.4 Å². The molecule has 0 radical (unpaired) electrons. The quantitative estimate of drug-likeness (QED) is 0.902. The molecular weight excluding hydrogens is 303 g/mol. The maximum Gasteiger partial charge on any atom is 0.408 e. The zero-order valence-electron chi connectivity index (χ0n) is 11.0. The number of nitrogens with zero attached hydrogens (tertiary/aromatic N) is 2. The summed E-state index contributed by atoms with van der Waals surface area (Å²) in [4.78, 5) is 36.7. The first-order valence-electron chi connectivity index (χ1n) is 6.05. The van der Waals surface area contributed by atoms with Crippen LogP contribution in [0.1, 0.15) is 6.42 Å². The summed E-state index contributed by atoms with van der Waals surface area (Å²) < 4.78 is 13.1. The third-order valence-corrected chi connectivity index (χ3v) is 3.59. The molecule has 1 aromatic carbocycles. The van der Waals surface area contributed by atoms with Gasteiger partial charge in [0.05, 0.1) is 11.6 Å². The Bertz CT molecular complexity index is 622. The van der Waals surface area contributed by atoms with Gasteiger partial charge in [-0.25, -0.2) is 9.18 Å². The van der Waals surface area contributed by atoms with Gasteiger partial charge in [-0.15, -0.1) is 0 Å². The molecule has 1 aliphatic rings. The lowest BCUT2D eigenvalue weighted by Gasteiger charge is -2.25. The Labute approximate surface area is 124 Å². The number of amides is 2. The molecule has 2 rings (SSSR count). The van der Waals surface area contributed by atoms with Crippen LogP contribution in [0.4, 0.5) is 14.9 Å². The van der Waals surface area contributed by atoms with Crippen molar-refractivity contribution in [3.8, 4) is 0 Å². The molecule has 1 atom stereocenters. The van der Waals surface area contributed by atoms with E-state index in [2.05, 4.69) is 0 Å². The largest absolute Gasteiger partial charge is 0.465 e. The molecule has 8 heteroatoms. The summed E-state index contributed by atoms with van der Waals surface area (Å²) in [5.41, 5.74) is 0.316. The van der Waals surface area contributed by atoms with Crippen molar-refractivity contribution in [1.29, 1.82) is 0 Å². The smallest absolute Gasteiger partial charge is 0.408 e. The van der Waals surface area contributed by atoms with Crippen molar-refractivity contribution < 1.29 is 23.9 Å². The minimum absolute atomic E-state index is 0.148. The van der Waals surface area contributed by atoms with Crippen molar-refractivity contribution in [2.75, 3.05) is 18.5 Å². The molecule has 1 aromatic rings. The molecule has 1 fully saturated rings. The zero-order chi connectivity index (χ0) is 15.7. The van der Waals surface area contributed by atoms with Gasteiger partial charge in [0.2, 0.25) is 5.91 Å². The van der Waals surface area contributed by atoms with Gasteiger partial charge in [-0.05, 0) is 18.2 Å². The third kappa shape index (κ3) is 2.97. The summed E-state index contributed by atoms with van der Waals surface area (Å²) in [6.07, 6.45) is -1.49. The topological polar surface area (TPSA) is 77.9 Å². The SMILES string of the molecule is CN(C(=O)[C@@H]1CC(=O)CN1C(=O)O)c1ccc(F)c(Cl)c1. The van der Waals surface area contributed by atoms with E-state index in [1.54, 1.807) is 0 Å². The number of carbonyl (C=O) groups excluding carboxylic acids is 2. The monoisotopic (exact) mass is 314 g/mol. The van der Waals surface area contributed by atoms with E-state index in [4.69, 9.17) is 16.7 Å². The van der Waals surface area contributed by atoms with Crippen LogP contribution in [0.2, 0.25) is 5.02 Å². The molecule has 1 N–H and O–H groups in total. The molecule has 0 bridgehead atoms. The van der Waals surface area contributed by atoms with E-state index in [0.717, 1.165) is 15.9 Å². The number of benzene rings is 1. The third-order valence-electron chi connectivity index (χ3n) is 3.30. The van der Waals surface area contributed by atoms with Crippen LogP contribution < -0.4 is 4.90 Å². The van der Waals surface area contributed by atoms with Crippen LogP contribution in [0.25, 0.3) is 0 Å². The fourth-order valence-corrected chi connectivity index (χ4v) is 2.33. The predicted octanol–water partition coefficient (Wildman–Crippen LogP) is 1.76. The standard InChI is InChI=1S/C13H12ClFN2O4/c1-16(7-2-3-10(15)9(14)4-7)12(19)11-5-8(18)6-17(11)13(20)21/h2-4,11H,5-6H2,1H3,(H,20,21)/t11-/m0/s1. The van der Waals surface area contributed by atoms with Crippen LogP contribution in [0.3, 0.4) is 0 Å². The Hall–Kier alpha value is -2.15. The van der Waals surface area contributed by atoms with Gasteiger partial charge in [0, 0.05) is 19.2 Å². The van der Waals surface area contributed by atoms with Crippen molar-refractivity contribution in [3.05, 3.63) is 29.0 Å². The second kappa shape index (κ2) is 5.69. The summed E-state index contributed by atoms with van der Waals surface area (Å²) in [5, 5.41) is 8.87. The highest BCUT2D eigenvalue weighted by molar-refractivity contribution is 6.31. The fourth-order valence-electron chi connectivity index (χ4n) is 2.16. The molecule has 0 aromatic heterocycles. The minimum Gasteiger partial charge on any atom is -0.465 e. The summed E-state index contributed by atoms with van der Waals surface area (Å²) in [6.45, 7) is -0.302. The number of halogens is 2. The number of likely N-dealkylation sites (tertiary alicyclic amines) is 1. The van der Waals surface area contributed by atoms with Crippen LogP contribution in [-0.2, 0) is 9.59 Å². The molecule has 1 heterocycles. The average molecular weight is 315 g/mol. The van der Waals surface area contributed by atoms with Crippen LogP contribution in [0, 0.1) is 5.82 Å². The van der Waals surface area contributed by atoms with E-state index in [1.807, 2.05) is 0 Å². The maximum atomic E-state index is 13.1. The number of carbonyl (C=O) groups is 3. The molecule has 1 saturated heterocycles. The predicted molar refractivity (Wildman–Crippen MR) is 73.0 cm³/mol. The summed E-state index contributed by atoms with van der Waals surface area (Å²) >= 11 is 5.65. The van der Waals surface area contributed by atoms with E-state index in [1.165, 1.54) is 19.2 Å². The average Bonchev–Trinajstić information content (AvgIpc) is 2.82. The summed E-state index contributed by atoms with van der Waals surface area (Å²) in [6, 6.07) is 2.65. The number of anilines is 1. The van der Waals surface area contributed by atoms with Crippen LogP contribution in [0.5, 0.6) is 0 Å². The molecule has 0 spiro atoms. The Morgan fingerprint density at radius 2 is 2.14 bits per heavy atom. The van der Waals surface area contributed by atoms with Crippen molar-refractivity contribution >= 4 is 35.1 Å². The first-order valence-corrected chi connectivity index (χ1v) is 6.43. The second-order valence-electron chi connectivity index (χ2n) is 4.66. The lowest BCUT2D eigenvalue weighted by atomic mass is 10.1. The molecular formula is C13H12ClFN2O4. The lowest BCUT2D eigenvalue weighted by molar-refractivity contribution is -0.123. The summed E-state index contributed by atoms with van der Waals surface area (Å²) in [5.74, 6) is -1.50. The molecule has 21 heavy (non-hydrogen) atoms. The van der Waals surface area contributed by atoms with E-state index < -0.39 is 23.9 Å². The Balaban J connectivity index is 2.24. The summed E-state index contributed by atoms with van der Waals surface area (Å²) in [7, 11) is 1.41. The van der Waals surface area contributed by atoms with Gasteiger partial charge >= 0.3 is 6.09 Å². The molecule has 0 saturated carbocycles. The molecule has 1 aliphatic heterocycles. The van der Waals surface area contributed by atoms with Gasteiger partial charge in [-0.1, -0.05) is 11.6 Å². The van der Waals surface area contributed by atoms with Crippen LogP contribution >= 0.6 is 11.6 Å². The fraction of sp³-hybridized carbons (Fsp3) is 0.308. The molecule has 6 nitrogen and oxygen atoms in total. The number of hydrogen-bond acceptors (Lipinski definition) is 3. The van der Waals surface area contributed by atoms with Crippen LogP contribution in [0.15, 0.2) is 18.2 Å². The Morgan fingerprint density at radius 3 is 2.71 bits per heavy atom. The van der Waals surface area contributed by atoms with Gasteiger partial charge in [0.25, 0.3) is 0 Å². The number of ketones is 1. The Kier molecular flexibility index (Phi) is 4.13. The highest BCUT2D eigenvalue weighted by Gasteiger charge is 2.40. The van der Waals surface area contributed by atoms with Crippen molar-refractivity contribution in [2.45, 2.75) is 12.5 Å². The van der Waals surface area contributed by atoms with E-state index in [9.17, 15) is 18.8 Å². The number of carboxylic acid groups (broad SMARTS) is 1. The van der Waals surface area contributed by atoms with Gasteiger partial charge in [0.15, 0.2) is 5.78 Å². The number of likely N-dealkylation sites (N-methyl/N-ethyl adjacent to an activating group) is 1. The molecule has 112 valence electrons. The lowest BCUT2D eigenvalue weighted by Crippen LogP contribution is -2.46. The highest BCUT2D eigenvalue weighted by Crippen LogP contribution is 2.24. The second-order valence-corrected chi connectivity index (χ2v) is 5.07. The maximum absolute atomic E-state index is 13.1. The number of hydrogen-bond donors (Lipinski definition) is 1. The number of Topliss-reactive ketones (excluding diaryl/α,β-unsaturated/α-hetero) is 1. The zero-order valence-corrected chi connectivity index (χ0v) is 11.8. The van der Waals surface area contributed by atoms with Gasteiger partial charge in [-0.3, -0.25) is 14.5 Å². The molecule has 0 aliphatic carbocycles. The van der Waals surface area contributed by atoms with Crippen molar-refractivity contribution in [3.63, 3.8) is 0 Å². The van der Waals surface area contributed by atoms with E-state index >= 15 is 0 Å². The first kappa shape index (κ1) is 15.2. The van der Waals surface area contributed by atoms with Gasteiger partial charge in [-0.2, -0.15) is 0 Å². The Morgan fingerprint density at radius 1 is 1.48 bits per heavy atom. The van der Waals surface area contributed by atoms with E-state index in [-0.39, 0.29) is 23.8 Å². The molecule has 2 amide bonds. The minimum atomic E-state index is -1.33. The van der Waals surface area contributed by atoms with Crippen molar-refractivity contribution in [2.24, 2.45) is 0 Å². The molecule has 0 unspecified atom stereocenters.